The lowest BCUT2D eigenvalue weighted by atomic mass is 10.0. The van der Waals surface area contributed by atoms with E-state index in [-0.39, 0.29) is 23.9 Å². The van der Waals surface area contributed by atoms with Crippen molar-refractivity contribution in [2.45, 2.75) is 44.2 Å². The number of carbonyl (C=O) groups is 2. The zero-order valence-electron chi connectivity index (χ0n) is 18.9. The Morgan fingerprint density at radius 2 is 1.82 bits per heavy atom. The summed E-state index contributed by atoms with van der Waals surface area (Å²) >= 11 is 1.32. The van der Waals surface area contributed by atoms with Gasteiger partial charge in [-0.15, -0.1) is 10.2 Å². The maximum absolute atomic E-state index is 12.8. The number of carbonyl (C=O) groups excluding carboxylic acids is 2. The molecule has 0 aliphatic carbocycles. The van der Waals surface area contributed by atoms with Crippen molar-refractivity contribution in [1.82, 2.24) is 20.8 Å². The minimum atomic E-state index is -0.300. The highest BCUT2D eigenvalue weighted by Crippen LogP contribution is 2.25. The van der Waals surface area contributed by atoms with E-state index in [1.54, 1.807) is 6.08 Å². The number of benzene rings is 2. The highest BCUT2D eigenvalue weighted by atomic mass is 32.1. The van der Waals surface area contributed by atoms with E-state index < -0.39 is 0 Å². The number of nitrogens with one attached hydrogen (secondary N) is 3. The highest BCUT2D eigenvalue weighted by molar-refractivity contribution is 7.18. The molecule has 1 fully saturated rings. The number of aromatic nitrogens is 2. The van der Waals surface area contributed by atoms with Crippen LogP contribution in [0.3, 0.4) is 0 Å². The number of anilines is 1. The van der Waals surface area contributed by atoms with Crippen LogP contribution in [-0.4, -0.2) is 40.6 Å². The third-order valence-electron chi connectivity index (χ3n) is 5.70. The number of nitrogens with zero attached hydrogens (tertiary/aromatic N) is 2. The van der Waals surface area contributed by atoms with E-state index in [1.165, 1.54) is 23.0 Å². The van der Waals surface area contributed by atoms with E-state index in [0.717, 1.165) is 42.8 Å². The van der Waals surface area contributed by atoms with Crippen molar-refractivity contribution in [2.75, 3.05) is 11.9 Å². The number of amides is 2. The van der Waals surface area contributed by atoms with Crippen molar-refractivity contribution in [2.24, 2.45) is 0 Å². The summed E-state index contributed by atoms with van der Waals surface area (Å²) in [4.78, 5) is 25.3. The molecule has 4 rings (SSSR count). The van der Waals surface area contributed by atoms with Crippen LogP contribution in [0.5, 0.6) is 0 Å². The Bertz CT molecular complexity index is 1090. The van der Waals surface area contributed by atoms with Crippen LogP contribution in [0.15, 0.2) is 72.8 Å². The van der Waals surface area contributed by atoms with Gasteiger partial charge in [-0.05, 0) is 37.8 Å². The first-order chi connectivity index (χ1) is 16.7. The number of rotatable bonds is 9. The molecule has 3 aromatic rings. The van der Waals surface area contributed by atoms with Gasteiger partial charge in [-0.3, -0.25) is 14.9 Å². The fourth-order valence-electron chi connectivity index (χ4n) is 3.86. The standard InChI is InChI=1S/C26H29N5O2S/c32-23(29-26-31-30-25(34-26)20-11-5-2-6-12-20)17-16-21(15-14-19-9-3-1-4-10-19)28-24(33)22-13-7-8-18-27-22/h1-6,9-12,16-17,21-22,27H,7-8,13-15,18H2,(H,28,33)(H,29,31,32). The molecule has 1 aliphatic heterocycles. The van der Waals surface area contributed by atoms with Crippen LogP contribution in [0.25, 0.3) is 10.6 Å². The minimum absolute atomic E-state index is 0.0144. The van der Waals surface area contributed by atoms with Gasteiger partial charge >= 0.3 is 0 Å². The maximum Gasteiger partial charge on any atom is 0.249 e. The first-order valence-corrected chi connectivity index (χ1v) is 12.4. The first kappa shape index (κ1) is 23.8. The monoisotopic (exact) mass is 475 g/mol. The van der Waals surface area contributed by atoms with Crippen molar-refractivity contribution >= 4 is 28.3 Å². The van der Waals surface area contributed by atoms with E-state index in [2.05, 4.69) is 38.3 Å². The molecule has 0 saturated carbocycles. The summed E-state index contributed by atoms with van der Waals surface area (Å²) in [6.45, 7) is 0.859. The van der Waals surface area contributed by atoms with E-state index in [9.17, 15) is 9.59 Å². The molecule has 2 unspecified atom stereocenters. The van der Waals surface area contributed by atoms with E-state index in [4.69, 9.17) is 0 Å². The van der Waals surface area contributed by atoms with Crippen LogP contribution >= 0.6 is 11.3 Å². The Morgan fingerprint density at radius 1 is 1.06 bits per heavy atom. The predicted octanol–water partition coefficient (Wildman–Crippen LogP) is 3.96. The van der Waals surface area contributed by atoms with E-state index in [0.29, 0.717) is 11.6 Å². The van der Waals surface area contributed by atoms with Crippen molar-refractivity contribution < 1.29 is 9.59 Å². The first-order valence-electron chi connectivity index (χ1n) is 11.6. The topological polar surface area (TPSA) is 96.0 Å². The second kappa shape index (κ2) is 12.2. The number of aryl methyl sites for hydroxylation is 1. The Kier molecular flexibility index (Phi) is 8.54. The molecule has 34 heavy (non-hydrogen) atoms. The molecule has 2 aromatic carbocycles. The van der Waals surface area contributed by atoms with Gasteiger partial charge in [-0.1, -0.05) is 84.5 Å². The zero-order valence-corrected chi connectivity index (χ0v) is 19.8. The normalized spacial score (nSPS) is 16.8. The van der Waals surface area contributed by atoms with Crippen molar-refractivity contribution in [3.8, 4) is 10.6 Å². The van der Waals surface area contributed by atoms with Gasteiger partial charge in [0.25, 0.3) is 0 Å². The summed E-state index contributed by atoms with van der Waals surface area (Å²) < 4.78 is 0. The number of hydrogen-bond donors (Lipinski definition) is 3. The van der Waals surface area contributed by atoms with Crippen LogP contribution < -0.4 is 16.0 Å². The molecular formula is C26H29N5O2S. The molecule has 7 nitrogen and oxygen atoms in total. The average Bonchev–Trinajstić information content (AvgIpc) is 3.35. The third kappa shape index (κ3) is 7.07. The summed E-state index contributed by atoms with van der Waals surface area (Å²) in [5, 5.41) is 18.6. The molecule has 0 radical (unpaired) electrons. The molecule has 3 N–H and O–H groups in total. The summed E-state index contributed by atoms with van der Waals surface area (Å²) in [6, 6.07) is 19.4. The summed E-state index contributed by atoms with van der Waals surface area (Å²) in [5.74, 6) is -0.315. The van der Waals surface area contributed by atoms with Crippen LogP contribution in [0.4, 0.5) is 5.13 Å². The third-order valence-corrected chi connectivity index (χ3v) is 6.58. The van der Waals surface area contributed by atoms with Gasteiger partial charge in [-0.25, -0.2) is 0 Å². The zero-order chi connectivity index (χ0) is 23.6. The molecule has 1 aliphatic rings. The lowest BCUT2D eigenvalue weighted by molar-refractivity contribution is -0.124. The van der Waals surface area contributed by atoms with E-state index >= 15 is 0 Å². The summed E-state index contributed by atoms with van der Waals surface area (Å²) in [6.07, 6.45) is 7.70. The minimum Gasteiger partial charge on any atom is -0.349 e. The van der Waals surface area contributed by atoms with Gasteiger partial charge in [0.15, 0.2) is 0 Å². The molecular weight excluding hydrogens is 446 g/mol. The highest BCUT2D eigenvalue weighted by Gasteiger charge is 2.22. The number of hydrogen-bond acceptors (Lipinski definition) is 6. The quantitative estimate of drug-likeness (QED) is 0.407. The van der Waals surface area contributed by atoms with Crippen molar-refractivity contribution in [1.29, 1.82) is 0 Å². The Hall–Kier alpha value is -3.36. The Balaban J connectivity index is 1.37. The molecule has 176 valence electrons. The molecule has 0 spiro atoms. The summed E-state index contributed by atoms with van der Waals surface area (Å²) in [7, 11) is 0. The van der Waals surface area contributed by atoms with Crippen LogP contribution in [0.1, 0.15) is 31.2 Å². The fourth-order valence-corrected chi connectivity index (χ4v) is 4.62. The number of piperidine rings is 1. The second-order valence-corrected chi connectivity index (χ2v) is 9.25. The Labute approximate surface area is 203 Å². The molecule has 2 amide bonds. The lowest BCUT2D eigenvalue weighted by Crippen LogP contribution is -2.49. The van der Waals surface area contributed by atoms with Gasteiger partial charge in [0.2, 0.25) is 16.9 Å². The van der Waals surface area contributed by atoms with Crippen LogP contribution in [0, 0.1) is 0 Å². The molecule has 1 saturated heterocycles. The molecule has 8 heteroatoms. The Morgan fingerprint density at radius 3 is 2.56 bits per heavy atom. The fraction of sp³-hybridized carbons (Fsp3) is 0.308. The smallest absolute Gasteiger partial charge is 0.249 e. The van der Waals surface area contributed by atoms with Crippen molar-refractivity contribution in [3.05, 3.63) is 78.4 Å². The van der Waals surface area contributed by atoms with Crippen LogP contribution in [-0.2, 0) is 16.0 Å². The van der Waals surface area contributed by atoms with Gasteiger partial charge < -0.3 is 10.6 Å². The van der Waals surface area contributed by atoms with Gasteiger partial charge in [0, 0.05) is 17.7 Å². The van der Waals surface area contributed by atoms with Gasteiger partial charge in [0.05, 0.1) is 6.04 Å². The second-order valence-electron chi connectivity index (χ2n) is 8.27. The van der Waals surface area contributed by atoms with Gasteiger partial charge in [-0.2, -0.15) is 0 Å². The maximum atomic E-state index is 12.8. The van der Waals surface area contributed by atoms with Crippen molar-refractivity contribution in [3.63, 3.8) is 0 Å². The largest absolute Gasteiger partial charge is 0.349 e. The molecule has 0 bridgehead atoms. The molecule has 1 aromatic heterocycles. The molecule has 2 heterocycles. The van der Waals surface area contributed by atoms with Crippen LogP contribution in [0.2, 0.25) is 0 Å². The SMILES string of the molecule is O=C(C=CC(CCc1ccccc1)NC(=O)C1CCCCN1)Nc1nnc(-c2ccccc2)s1. The summed E-state index contributed by atoms with van der Waals surface area (Å²) in [5.41, 5.74) is 2.15. The average molecular weight is 476 g/mol. The van der Waals surface area contributed by atoms with Gasteiger partial charge in [0.1, 0.15) is 5.01 Å². The lowest BCUT2D eigenvalue weighted by Gasteiger charge is -2.25. The van der Waals surface area contributed by atoms with E-state index in [1.807, 2.05) is 48.5 Å². The predicted molar refractivity (Wildman–Crippen MR) is 135 cm³/mol. The molecule has 2 atom stereocenters.